The molecule has 0 aliphatic rings. The molecule has 0 spiro atoms. The number of hydrogen-bond acceptors (Lipinski definition) is 8. The van der Waals surface area contributed by atoms with E-state index in [4.69, 9.17) is 20.9 Å². The van der Waals surface area contributed by atoms with Crippen molar-refractivity contribution in [3.63, 3.8) is 0 Å². The van der Waals surface area contributed by atoms with Crippen LogP contribution >= 0.6 is 11.5 Å². The minimum atomic E-state index is -1.28. The van der Waals surface area contributed by atoms with Crippen molar-refractivity contribution in [1.29, 1.82) is 0 Å². The standard InChI is InChI=1S/C26H30FN5O5S/c1-14(2)10-11-30-25(34)22(15-8-9-18(36-3)19(12-15)37-4)32(17-7-5-6-16(27)13-17)26(35)23-20(28)21(24(29)33)31-38-23/h5-9,12-14,22H,10-11,28H2,1-4H3,(H2,29,33)(H,30,34)/t22-/m1/s1. The summed E-state index contributed by atoms with van der Waals surface area (Å²) in [6.45, 7) is 4.38. The molecule has 0 unspecified atom stereocenters. The third-order valence-electron chi connectivity index (χ3n) is 5.71. The number of hydrogen-bond donors (Lipinski definition) is 3. The van der Waals surface area contributed by atoms with Gasteiger partial charge in [0.05, 0.1) is 19.9 Å². The van der Waals surface area contributed by atoms with Gasteiger partial charge in [-0.25, -0.2) is 4.39 Å². The molecule has 10 nitrogen and oxygen atoms in total. The number of nitrogens with zero attached hydrogens (tertiary/aromatic N) is 2. The van der Waals surface area contributed by atoms with Gasteiger partial charge in [-0.05, 0) is 59.8 Å². The van der Waals surface area contributed by atoms with E-state index in [2.05, 4.69) is 9.69 Å². The molecule has 2 aromatic carbocycles. The van der Waals surface area contributed by atoms with Crippen LogP contribution < -0.4 is 31.2 Å². The number of rotatable bonds is 11. The van der Waals surface area contributed by atoms with Gasteiger partial charge in [-0.2, -0.15) is 4.37 Å². The van der Waals surface area contributed by atoms with Gasteiger partial charge < -0.3 is 26.3 Å². The van der Waals surface area contributed by atoms with Gasteiger partial charge in [-0.15, -0.1) is 0 Å². The number of halogens is 1. The summed E-state index contributed by atoms with van der Waals surface area (Å²) in [5.74, 6) is -1.76. The van der Waals surface area contributed by atoms with Crippen LogP contribution in [0.15, 0.2) is 42.5 Å². The van der Waals surface area contributed by atoms with Crippen molar-refractivity contribution in [2.45, 2.75) is 26.3 Å². The molecule has 3 aromatic rings. The zero-order valence-electron chi connectivity index (χ0n) is 21.5. The van der Waals surface area contributed by atoms with Crippen molar-refractivity contribution < 1.29 is 28.2 Å². The molecule has 202 valence electrons. The van der Waals surface area contributed by atoms with Crippen molar-refractivity contribution in [2.24, 2.45) is 11.7 Å². The first-order chi connectivity index (χ1) is 18.1. The lowest BCUT2D eigenvalue weighted by Crippen LogP contribution is -2.44. The average Bonchev–Trinajstić information content (AvgIpc) is 3.27. The van der Waals surface area contributed by atoms with E-state index in [9.17, 15) is 18.8 Å². The highest BCUT2D eigenvalue weighted by Crippen LogP contribution is 2.36. The Morgan fingerprint density at radius 3 is 2.39 bits per heavy atom. The zero-order valence-corrected chi connectivity index (χ0v) is 22.3. The molecule has 0 aliphatic carbocycles. The minimum absolute atomic E-state index is 0.0854. The van der Waals surface area contributed by atoms with Crippen LogP contribution in [0, 0.1) is 11.7 Å². The van der Waals surface area contributed by atoms with Crippen LogP contribution in [0.1, 0.15) is 52.0 Å². The molecule has 38 heavy (non-hydrogen) atoms. The molecule has 12 heteroatoms. The lowest BCUT2D eigenvalue weighted by Gasteiger charge is -2.31. The number of methoxy groups -OCH3 is 2. The maximum atomic E-state index is 14.4. The second-order valence-corrected chi connectivity index (χ2v) is 9.56. The number of benzene rings is 2. The van der Waals surface area contributed by atoms with Crippen LogP contribution in [0.3, 0.4) is 0 Å². The first-order valence-electron chi connectivity index (χ1n) is 11.7. The molecular formula is C26H30FN5O5S. The average molecular weight is 544 g/mol. The summed E-state index contributed by atoms with van der Waals surface area (Å²) in [5, 5.41) is 2.87. The van der Waals surface area contributed by atoms with Crippen molar-refractivity contribution in [3.8, 4) is 11.5 Å². The van der Waals surface area contributed by atoms with Gasteiger partial charge in [-0.1, -0.05) is 26.0 Å². The van der Waals surface area contributed by atoms with Crippen LogP contribution in [-0.4, -0.2) is 42.9 Å². The molecule has 0 aliphatic heterocycles. The number of carbonyl (C=O) groups excluding carboxylic acids is 3. The number of ether oxygens (including phenoxy) is 2. The lowest BCUT2D eigenvalue weighted by molar-refractivity contribution is -0.122. The highest BCUT2D eigenvalue weighted by molar-refractivity contribution is 7.09. The molecule has 0 saturated heterocycles. The zero-order chi connectivity index (χ0) is 28.0. The van der Waals surface area contributed by atoms with E-state index in [-0.39, 0.29) is 21.9 Å². The normalized spacial score (nSPS) is 11.6. The summed E-state index contributed by atoms with van der Waals surface area (Å²) >= 11 is 0.662. The van der Waals surface area contributed by atoms with Crippen LogP contribution in [0.5, 0.6) is 11.5 Å². The molecule has 0 fully saturated rings. The van der Waals surface area contributed by atoms with Crippen LogP contribution in [0.4, 0.5) is 15.8 Å². The smallest absolute Gasteiger partial charge is 0.273 e. The molecule has 0 bridgehead atoms. The molecule has 1 atom stereocenters. The maximum absolute atomic E-state index is 14.4. The second kappa shape index (κ2) is 12.4. The predicted molar refractivity (Wildman–Crippen MR) is 143 cm³/mol. The fourth-order valence-corrected chi connectivity index (χ4v) is 4.51. The number of nitrogens with two attached hydrogens (primary N) is 2. The Labute approximate surface area is 223 Å². The van der Waals surface area contributed by atoms with E-state index in [1.165, 1.54) is 32.4 Å². The maximum Gasteiger partial charge on any atom is 0.273 e. The third-order valence-corrected chi connectivity index (χ3v) is 6.56. The van der Waals surface area contributed by atoms with Crippen LogP contribution in [0.2, 0.25) is 0 Å². The van der Waals surface area contributed by atoms with Gasteiger partial charge >= 0.3 is 0 Å². The monoisotopic (exact) mass is 543 g/mol. The number of primary amides is 1. The third kappa shape index (κ3) is 6.20. The lowest BCUT2D eigenvalue weighted by atomic mass is 10.0. The summed E-state index contributed by atoms with van der Waals surface area (Å²) in [7, 11) is 2.91. The van der Waals surface area contributed by atoms with Gasteiger partial charge in [-0.3, -0.25) is 19.3 Å². The number of aromatic nitrogens is 1. The molecule has 3 amide bonds. The molecule has 1 aromatic heterocycles. The Morgan fingerprint density at radius 2 is 1.82 bits per heavy atom. The highest BCUT2D eigenvalue weighted by atomic mass is 32.1. The Hall–Kier alpha value is -4.19. The molecule has 3 rings (SSSR count). The van der Waals surface area contributed by atoms with Crippen molar-refractivity contribution >= 4 is 40.6 Å². The molecular weight excluding hydrogens is 513 g/mol. The summed E-state index contributed by atoms with van der Waals surface area (Å²) in [4.78, 5) is 40.4. The van der Waals surface area contributed by atoms with Crippen molar-refractivity contribution in [2.75, 3.05) is 31.4 Å². The number of carbonyl (C=O) groups is 3. The summed E-state index contributed by atoms with van der Waals surface area (Å²) in [5.41, 5.74) is 11.3. The quantitative estimate of drug-likeness (QED) is 0.335. The van der Waals surface area contributed by atoms with Crippen LogP contribution in [-0.2, 0) is 4.79 Å². The summed E-state index contributed by atoms with van der Waals surface area (Å²) in [6.07, 6.45) is 0.696. The number of nitrogen functional groups attached to an aromatic ring is 1. The highest BCUT2D eigenvalue weighted by Gasteiger charge is 2.36. The molecule has 0 radical (unpaired) electrons. The van der Waals surface area contributed by atoms with Gasteiger partial charge in [0.15, 0.2) is 17.2 Å². The summed E-state index contributed by atoms with van der Waals surface area (Å²) < 4.78 is 29.0. The Bertz CT molecular complexity index is 1330. The van der Waals surface area contributed by atoms with Crippen molar-refractivity contribution in [1.82, 2.24) is 9.69 Å². The van der Waals surface area contributed by atoms with Crippen molar-refractivity contribution in [3.05, 3.63) is 64.4 Å². The van der Waals surface area contributed by atoms with E-state index >= 15 is 0 Å². The largest absolute Gasteiger partial charge is 0.493 e. The molecule has 5 N–H and O–H groups in total. The van der Waals surface area contributed by atoms with E-state index in [0.717, 1.165) is 11.0 Å². The number of amides is 3. The fourth-order valence-electron chi connectivity index (χ4n) is 3.77. The number of anilines is 2. The first kappa shape index (κ1) is 28.4. The van der Waals surface area contributed by atoms with Gasteiger partial charge in [0.1, 0.15) is 16.7 Å². The van der Waals surface area contributed by atoms with Gasteiger partial charge in [0.2, 0.25) is 5.91 Å². The summed E-state index contributed by atoms with van der Waals surface area (Å²) in [6, 6.07) is 8.74. The fraction of sp³-hybridized carbons (Fsp3) is 0.308. The van der Waals surface area contributed by atoms with E-state index in [0.29, 0.717) is 47.5 Å². The Kier molecular flexibility index (Phi) is 9.24. The van der Waals surface area contributed by atoms with Gasteiger partial charge in [0.25, 0.3) is 11.8 Å². The van der Waals surface area contributed by atoms with E-state index in [1.54, 1.807) is 18.2 Å². The molecule has 1 heterocycles. The van der Waals surface area contributed by atoms with Gasteiger partial charge in [0, 0.05) is 12.2 Å². The first-order valence-corrected chi connectivity index (χ1v) is 12.5. The minimum Gasteiger partial charge on any atom is -0.493 e. The predicted octanol–water partition coefficient (Wildman–Crippen LogP) is 3.53. The SMILES string of the molecule is COc1ccc([C@H](C(=O)NCCC(C)C)N(C(=O)c2snc(C(N)=O)c2N)c2cccc(F)c2)cc1OC. The van der Waals surface area contributed by atoms with E-state index < -0.39 is 29.6 Å². The van der Waals surface area contributed by atoms with E-state index in [1.807, 2.05) is 13.8 Å². The number of nitrogens with one attached hydrogen (secondary N) is 1. The molecule has 0 saturated carbocycles. The Balaban J connectivity index is 2.22. The second-order valence-electron chi connectivity index (χ2n) is 8.78. The Morgan fingerprint density at radius 1 is 1.11 bits per heavy atom. The topological polar surface area (TPSA) is 150 Å². The van der Waals surface area contributed by atoms with Crippen LogP contribution in [0.25, 0.3) is 0 Å².